The second-order valence-corrected chi connectivity index (χ2v) is 7.17. The molecule has 0 spiro atoms. The van der Waals surface area contributed by atoms with Crippen LogP contribution >= 0.6 is 0 Å². The first-order chi connectivity index (χ1) is 11.7. The van der Waals surface area contributed by atoms with Gasteiger partial charge in [0.15, 0.2) is 6.61 Å². The van der Waals surface area contributed by atoms with Crippen molar-refractivity contribution >= 4 is 17.5 Å². The van der Waals surface area contributed by atoms with Gasteiger partial charge in [0.2, 0.25) is 5.91 Å². The first-order valence-corrected chi connectivity index (χ1v) is 9.02. The molecule has 4 rings (SSSR count). The van der Waals surface area contributed by atoms with Crippen LogP contribution in [-0.2, 0) is 9.59 Å². The average Bonchev–Trinajstić information content (AvgIpc) is 2.63. The van der Waals surface area contributed by atoms with Crippen LogP contribution in [0.4, 0.5) is 5.69 Å². The van der Waals surface area contributed by atoms with Gasteiger partial charge in [-0.3, -0.25) is 14.5 Å². The van der Waals surface area contributed by atoms with Gasteiger partial charge in [0.1, 0.15) is 12.3 Å². The lowest BCUT2D eigenvalue weighted by atomic mass is 9.75. The molecular weight excluding hydrogens is 304 g/mol. The van der Waals surface area contributed by atoms with Gasteiger partial charge >= 0.3 is 0 Å². The molecule has 0 radical (unpaired) electrons. The number of hydrogen-bond acceptors (Lipinski definition) is 3. The molecule has 0 N–H and O–H groups in total. The topological polar surface area (TPSA) is 49.9 Å². The van der Waals surface area contributed by atoms with E-state index in [-0.39, 0.29) is 25.0 Å². The van der Waals surface area contributed by atoms with Gasteiger partial charge in [0.05, 0.1) is 5.69 Å². The number of amides is 2. The zero-order valence-corrected chi connectivity index (χ0v) is 13.9. The largest absolute Gasteiger partial charge is 0.482 e. The minimum Gasteiger partial charge on any atom is -0.482 e. The highest BCUT2D eigenvalue weighted by Crippen LogP contribution is 2.36. The van der Waals surface area contributed by atoms with Crippen molar-refractivity contribution in [2.45, 2.75) is 32.1 Å². The summed E-state index contributed by atoms with van der Waals surface area (Å²) in [5.74, 6) is 2.05. The zero-order valence-electron chi connectivity index (χ0n) is 13.9. The first kappa shape index (κ1) is 15.5. The standard InChI is InChI=1S/C19H24N2O3/c22-18(20-10-9-14-5-1-2-6-15(14)11-20)12-21-16-7-3-4-8-17(16)24-13-19(21)23/h3-4,7-8,14-15H,1-2,5-6,9-13H2. The van der Waals surface area contributed by atoms with E-state index in [0.29, 0.717) is 17.4 Å². The number of ether oxygens (including phenoxy) is 1. The van der Waals surface area contributed by atoms with E-state index in [1.54, 1.807) is 4.90 Å². The SMILES string of the molecule is O=C(CN1C(=O)COc2ccccc21)N1CCC2CCCCC2C1. The van der Waals surface area contributed by atoms with Crippen LogP contribution in [-0.4, -0.2) is 43.0 Å². The quantitative estimate of drug-likeness (QED) is 0.838. The monoisotopic (exact) mass is 328 g/mol. The lowest BCUT2D eigenvalue weighted by molar-refractivity contribution is -0.134. The summed E-state index contributed by atoms with van der Waals surface area (Å²) in [6.07, 6.45) is 6.31. The summed E-state index contributed by atoms with van der Waals surface area (Å²) in [5.41, 5.74) is 0.703. The molecule has 1 aliphatic carbocycles. The fraction of sp³-hybridized carbons (Fsp3) is 0.579. The summed E-state index contributed by atoms with van der Waals surface area (Å²) < 4.78 is 5.45. The van der Waals surface area contributed by atoms with Crippen LogP contribution in [0.3, 0.4) is 0 Å². The van der Waals surface area contributed by atoms with Crippen molar-refractivity contribution in [3.63, 3.8) is 0 Å². The summed E-state index contributed by atoms with van der Waals surface area (Å²) >= 11 is 0. The van der Waals surface area contributed by atoms with E-state index >= 15 is 0 Å². The van der Waals surface area contributed by atoms with Crippen LogP contribution in [0.5, 0.6) is 5.75 Å². The Labute approximate surface area is 142 Å². The van der Waals surface area contributed by atoms with Crippen molar-refractivity contribution in [1.29, 1.82) is 0 Å². The third kappa shape index (κ3) is 2.87. The van der Waals surface area contributed by atoms with Crippen molar-refractivity contribution < 1.29 is 14.3 Å². The number of likely N-dealkylation sites (tertiary alicyclic amines) is 1. The van der Waals surface area contributed by atoms with E-state index in [0.717, 1.165) is 25.4 Å². The summed E-state index contributed by atoms with van der Waals surface area (Å²) in [4.78, 5) is 28.6. The van der Waals surface area contributed by atoms with Crippen molar-refractivity contribution in [2.75, 3.05) is 31.1 Å². The van der Waals surface area contributed by atoms with Crippen LogP contribution in [0.2, 0.25) is 0 Å². The van der Waals surface area contributed by atoms with E-state index in [1.165, 1.54) is 25.7 Å². The second-order valence-electron chi connectivity index (χ2n) is 7.17. The molecule has 0 aromatic heterocycles. The predicted octanol–water partition coefficient (Wildman–Crippen LogP) is 2.45. The fourth-order valence-electron chi connectivity index (χ4n) is 4.39. The highest BCUT2D eigenvalue weighted by atomic mass is 16.5. The Balaban J connectivity index is 1.45. The molecule has 5 heteroatoms. The molecule has 1 aromatic rings. The maximum absolute atomic E-state index is 12.8. The minimum atomic E-state index is -0.144. The number of nitrogens with zero attached hydrogens (tertiary/aromatic N) is 2. The van der Waals surface area contributed by atoms with E-state index in [9.17, 15) is 9.59 Å². The van der Waals surface area contributed by atoms with Crippen molar-refractivity contribution in [1.82, 2.24) is 4.90 Å². The van der Waals surface area contributed by atoms with Gasteiger partial charge in [-0.15, -0.1) is 0 Å². The van der Waals surface area contributed by atoms with Crippen LogP contribution < -0.4 is 9.64 Å². The van der Waals surface area contributed by atoms with Crippen molar-refractivity contribution in [2.24, 2.45) is 11.8 Å². The number of para-hydroxylation sites is 2. The zero-order chi connectivity index (χ0) is 16.5. The number of anilines is 1. The number of piperidine rings is 1. The van der Waals surface area contributed by atoms with Gasteiger partial charge in [-0.2, -0.15) is 0 Å². The van der Waals surface area contributed by atoms with Crippen LogP contribution in [0.1, 0.15) is 32.1 Å². The molecule has 2 fully saturated rings. The molecule has 5 nitrogen and oxygen atoms in total. The molecule has 24 heavy (non-hydrogen) atoms. The fourth-order valence-corrected chi connectivity index (χ4v) is 4.39. The maximum Gasteiger partial charge on any atom is 0.265 e. The molecule has 2 atom stereocenters. The Morgan fingerprint density at radius 1 is 1.12 bits per heavy atom. The molecule has 2 amide bonds. The summed E-state index contributed by atoms with van der Waals surface area (Å²) in [6.45, 7) is 1.83. The number of fused-ring (bicyclic) bond motifs is 2. The third-order valence-corrected chi connectivity index (χ3v) is 5.75. The summed E-state index contributed by atoms with van der Waals surface area (Å²) in [7, 11) is 0. The Morgan fingerprint density at radius 3 is 2.79 bits per heavy atom. The van der Waals surface area contributed by atoms with Crippen molar-refractivity contribution in [3.8, 4) is 5.75 Å². The van der Waals surface area contributed by atoms with Gasteiger partial charge in [0.25, 0.3) is 5.91 Å². The highest BCUT2D eigenvalue weighted by molar-refractivity contribution is 6.02. The normalized spacial score (nSPS) is 26.4. The molecule has 2 heterocycles. The minimum absolute atomic E-state index is 0.00892. The number of carbonyl (C=O) groups excluding carboxylic acids is 2. The molecule has 2 unspecified atom stereocenters. The summed E-state index contributed by atoms with van der Waals surface area (Å²) in [5, 5.41) is 0. The van der Waals surface area contributed by atoms with E-state index in [4.69, 9.17) is 4.74 Å². The van der Waals surface area contributed by atoms with E-state index < -0.39 is 0 Å². The van der Waals surface area contributed by atoms with Gasteiger partial charge in [0, 0.05) is 13.1 Å². The Kier molecular flexibility index (Phi) is 4.17. The molecule has 0 bridgehead atoms. The molecule has 2 aliphatic heterocycles. The van der Waals surface area contributed by atoms with Crippen LogP contribution in [0.25, 0.3) is 0 Å². The lowest BCUT2D eigenvalue weighted by Gasteiger charge is -2.42. The number of hydrogen-bond donors (Lipinski definition) is 0. The second kappa shape index (κ2) is 6.46. The van der Waals surface area contributed by atoms with Gasteiger partial charge < -0.3 is 9.64 Å². The number of rotatable bonds is 2. The van der Waals surface area contributed by atoms with Gasteiger partial charge in [-0.05, 0) is 36.8 Å². The van der Waals surface area contributed by atoms with E-state index in [1.807, 2.05) is 29.2 Å². The van der Waals surface area contributed by atoms with E-state index in [2.05, 4.69) is 0 Å². The first-order valence-electron chi connectivity index (χ1n) is 9.02. The Hall–Kier alpha value is -2.04. The predicted molar refractivity (Wildman–Crippen MR) is 90.9 cm³/mol. The molecule has 128 valence electrons. The Morgan fingerprint density at radius 2 is 1.92 bits per heavy atom. The lowest BCUT2D eigenvalue weighted by Crippen LogP contribution is -2.50. The maximum atomic E-state index is 12.8. The number of carbonyl (C=O) groups is 2. The summed E-state index contributed by atoms with van der Waals surface area (Å²) in [6, 6.07) is 7.42. The van der Waals surface area contributed by atoms with Crippen LogP contribution in [0, 0.1) is 11.8 Å². The van der Waals surface area contributed by atoms with Crippen molar-refractivity contribution in [3.05, 3.63) is 24.3 Å². The molecule has 1 saturated carbocycles. The third-order valence-electron chi connectivity index (χ3n) is 5.75. The van der Waals surface area contributed by atoms with Crippen LogP contribution in [0.15, 0.2) is 24.3 Å². The molecule has 1 saturated heterocycles. The number of benzene rings is 1. The smallest absolute Gasteiger partial charge is 0.265 e. The highest BCUT2D eigenvalue weighted by Gasteiger charge is 2.34. The average molecular weight is 328 g/mol. The van der Waals surface area contributed by atoms with Gasteiger partial charge in [-0.1, -0.05) is 31.4 Å². The van der Waals surface area contributed by atoms with Gasteiger partial charge in [-0.25, -0.2) is 0 Å². The Bertz CT molecular complexity index is 645. The molecule has 3 aliphatic rings. The molecular formula is C19H24N2O3. The molecule has 1 aromatic carbocycles.